The highest BCUT2D eigenvalue weighted by molar-refractivity contribution is 7.98. The Balaban J connectivity index is 2.22. The Morgan fingerprint density at radius 3 is 2.82 bits per heavy atom. The molecule has 2 nitrogen and oxygen atoms in total. The first-order valence-electron chi connectivity index (χ1n) is 5.72. The average Bonchev–Trinajstić information content (AvgIpc) is 2.37. The third-order valence-corrected chi connectivity index (χ3v) is 3.41. The predicted molar refractivity (Wildman–Crippen MR) is 75.7 cm³/mol. The summed E-state index contributed by atoms with van der Waals surface area (Å²) >= 11 is 1.82. The van der Waals surface area contributed by atoms with Crippen molar-refractivity contribution >= 4 is 22.5 Å². The van der Waals surface area contributed by atoms with E-state index >= 15 is 0 Å². The summed E-state index contributed by atoms with van der Waals surface area (Å²) in [5.41, 5.74) is 0.990. The Kier molecular flexibility index (Phi) is 4.29. The van der Waals surface area contributed by atoms with Crippen molar-refractivity contribution in [2.75, 3.05) is 18.6 Å². The number of hydrogen-bond donors (Lipinski definition) is 2. The monoisotopic (exact) mass is 247 g/mol. The van der Waals surface area contributed by atoms with Gasteiger partial charge in [0.2, 0.25) is 0 Å². The van der Waals surface area contributed by atoms with Crippen LogP contribution in [0.1, 0.15) is 5.56 Å². The second kappa shape index (κ2) is 5.94. The smallest absolute Gasteiger partial charge is 0.120 e. The average molecular weight is 247 g/mol. The van der Waals surface area contributed by atoms with Crippen LogP contribution in [-0.2, 0) is 6.54 Å². The van der Waals surface area contributed by atoms with Crippen molar-refractivity contribution in [2.45, 2.75) is 6.54 Å². The third kappa shape index (κ3) is 2.93. The Morgan fingerprint density at radius 2 is 2.00 bits per heavy atom. The van der Waals surface area contributed by atoms with Crippen molar-refractivity contribution < 1.29 is 5.11 Å². The first-order chi connectivity index (χ1) is 8.33. The fourth-order valence-electron chi connectivity index (χ4n) is 1.90. The lowest BCUT2D eigenvalue weighted by Crippen LogP contribution is -2.16. The summed E-state index contributed by atoms with van der Waals surface area (Å²) in [5.74, 6) is 1.46. The van der Waals surface area contributed by atoms with E-state index in [9.17, 15) is 5.11 Å². The van der Waals surface area contributed by atoms with Gasteiger partial charge in [-0.1, -0.05) is 30.3 Å². The van der Waals surface area contributed by atoms with Gasteiger partial charge in [0.25, 0.3) is 0 Å². The van der Waals surface area contributed by atoms with Crippen LogP contribution in [0.25, 0.3) is 10.8 Å². The van der Waals surface area contributed by atoms with E-state index < -0.39 is 0 Å². The Morgan fingerprint density at radius 1 is 1.18 bits per heavy atom. The van der Waals surface area contributed by atoms with E-state index in [1.807, 2.05) is 30.0 Å². The fourth-order valence-corrected chi connectivity index (χ4v) is 2.25. The number of benzene rings is 2. The van der Waals surface area contributed by atoms with Crippen LogP contribution >= 0.6 is 11.8 Å². The molecule has 2 aromatic rings. The Hall–Kier alpha value is -1.19. The van der Waals surface area contributed by atoms with E-state index in [0.29, 0.717) is 12.3 Å². The fraction of sp³-hybridized carbons (Fsp3) is 0.286. The first kappa shape index (κ1) is 12.3. The van der Waals surface area contributed by atoms with Crippen molar-refractivity contribution in [3.63, 3.8) is 0 Å². The molecule has 0 spiro atoms. The topological polar surface area (TPSA) is 32.3 Å². The minimum atomic E-state index is 0.375. The molecule has 0 aromatic heterocycles. The molecule has 2 aromatic carbocycles. The van der Waals surface area contributed by atoms with Gasteiger partial charge < -0.3 is 10.4 Å². The molecule has 90 valence electrons. The largest absolute Gasteiger partial charge is 0.508 e. The molecule has 0 amide bonds. The number of fused-ring (bicyclic) bond motifs is 1. The summed E-state index contributed by atoms with van der Waals surface area (Å²) in [4.78, 5) is 0. The van der Waals surface area contributed by atoms with Gasteiger partial charge in [-0.2, -0.15) is 11.8 Å². The molecule has 2 N–H and O–H groups in total. The van der Waals surface area contributed by atoms with Crippen LogP contribution in [0.15, 0.2) is 36.4 Å². The van der Waals surface area contributed by atoms with Crippen molar-refractivity contribution in [3.8, 4) is 5.75 Å². The maximum absolute atomic E-state index is 9.92. The van der Waals surface area contributed by atoms with Gasteiger partial charge in [-0.15, -0.1) is 0 Å². The zero-order valence-corrected chi connectivity index (χ0v) is 10.8. The second-order valence-electron chi connectivity index (χ2n) is 3.95. The second-order valence-corrected chi connectivity index (χ2v) is 4.94. The Labute approximate surface area is 106 Å². The molecule has 0 fully saturated rings. The highest BCUT2D eigenvalue weighted by atomic mass is 32.2. The van der Waals surface area contributed by atoms with Crippen LogP contribution in [0.4, 0.5) is 0 Å². The predicted octanol–water partition coefficient (Wildman–Crippen LogP) is 3.00. The van der Waals surface area contributed by atoms with Crippen molar-refractivity contribution in [3.05, 3.63) is 42.0 Å². The number of nitrogens with one attached hydrogen (secondary N) is 1. The highest BCUT2D eigenvalue weighted by Crippen LogP contribution is 2.26. The SMILES string of the molecule is CSCCNCc1c(O)ccc2ccccc12. The number of aromatic hydroxyl groups is 1. The summed E-state index contributed by atoms with van der Waals surface area (Å²) in [6.45, 7) is 1.68. The van der Waals surface area contributed by atoms with Gasteiger partial charge in [-0.25, -0.2) is 0 Å². The quantitative estimate of drug-likeness (QED) is 0.797. The minimum Gasteiger partial charge on any atom is -0.508 e. The zero-order valence-electron chi connectivity index (χ0n) is 9.94. The molecule has 0 radical (unpaired) electrons. The molecular formula is C14H17NOS. The van der Waals surface area contributed by atoms with Gasteiger partial charge in [0.1, 0.15) is 5.75 Å². The molecule has 0 aliphatic carbocycles. The lowest BCUT2D eigenvalue weighted by molar-refractivity contribution is 0.466. The van der Waals surface area contributed by atoms with Gasteiger partial charge in [0.05, 0.1) is 0 Å². The molecule has 17 heavy (non-hydrogen) atoms. The highest BCUT2D eigenvalue weighted by Gasteiger charge is 2.05. The molecule has 0 aliphatic heterocycles. The molecule has 0 heterocycles. The third-order valence-electron chi connectivity index (χ3n) is 2.80. The normalized spacial score (nSPS) is 10.9. The molecule has 0 atom stereocenters. The van der Waals surface area contributed by atoms with Crippen LogP contribution in [0.2, 0.25) is 0 Å². The van der Waals surface area contributed by atoms with E-state index in [1.165, 1.54) is 5.39 Å². The van der Waals surface area contributed by atoms with E-state index in [-0.39, 0.29) is 0 Å². The van der Waals surface area contributed by atoms with E-state index in [4.69, 9.17) is 0 Å². The summed E-state index contributed by atoms with van der Waals surface area (Å²) < 4.78 is 0. The van der Waals surface area contributed by atoms with E-state index in [2.05, 4.69) is 23.7 Å². The summed E-state index contributed by atoms with van der Waals surface area (Å²) in [5, 5.41) is 15.6. The molecule has 2 rings (SSSR count). The molecule has 3 heteroatoms. The molecular weight excluding hydrogens is 230 g/mol. The lowest BCUT2D eigenvalue weighted by atomic mass is 10.0. The summed E-state index contributed by atoms with van der Waals surface area (Å²) in [7, 11) is 0. The van der Waals surface area contributed by atoms with Crippen molar-refractivity contribution in [1.82, 2.24) is 5.32 Å². The van der Waals surface area contributed by atoms with Gasteiger partial charge in [-0.05, 0) is 23.1 Å². The number of phenolic OH excluding ortho intramolecular Hbond substituents is 1. The minimum absolute atomic E-state index is 0.375. The molecule has 0 saturated carbocycles. The number of phenols is 1. The molecule has 0 bridgehead atoms. The maximum Gasteiger partial charge on any atom is 0.120 e. The number of thioether (sulfide) groups is 1. The Bertz CT molecular complexity index is 499. The van der Waals surface area contributed by atoms with Crippen LogP contribution in [0, 0.1) is 0 Å². The van der Waals surface area contributed by atoms with E-state index in [0.717, 1.165) is 23.2 Å². The van der Waals surface area contributed by atoms with Crippen LogP contribution in [0.5, 0.6) is 5.75 Å². The summed E-state index contributed by atoms with van der Waals surface area (Å²) in [6.07, 6.45) is 2.09. The lowest BCUT2D eigenvalue weighted by Gasteiger charge is -2.10. The maximum atomic E-state index is 9.92. The van der Waals surface area contributed by atoms with Crippen LogP contribution < -0.4 is 5.32 Å². The van der Waals surface area contributed by atoms with Gasteiger partial charge in [0, 0.05) is 24.4 Å². The number of hydrogen-bond acceptors (Lipinski definition) is 3. The van der Waals surface area contributed by atoms with Crippen LogP contribution in [0.3, 0.4) is 0 Å². The van der Waals surface area contributed by atoms with Crippen LogP contribution in [-0.4, -0.2) is 23.7 Å². The van der Waals surface area contributed by atoms with E-state index in [1.54, 1.807) is 6.07 Å². The van der Waals surface area contributed by atoms with Gasteiger partial charge in [0.15, 0.2) is 0 Å². The zero-order chi connectivity index (χ0) is 12.1. The standard InChI is InChI=1S/C14H17NOS/c1-17-9-8-15-10-13-12-5-3-2-4-11(12)6-7-14(13)16/h2-7,15-16H,8-10H2,1H3. The molecule has 0 aliphatic rings. The van der Waals surface area contributed by atoms with Crippen molar-refractivity contribution in [2.24, 2.45) is 0 Å². The van der Waals surface area contributed by atoms with Crippen molar-refractivity contribution in [1.29, 1.82) is 0 Å². The van der Waals surface area contributed by atoms with Gasteiger partial charge >= 0.3 is 0 Å². The number of rotatable bonds is 5. The van der Waals surface area contributed by atoms with Gasteiger partial charge in [-0.3, -0.25) is 0 Å². The first-order valence-corrected chi connectivity index (χ1v) is 7.11. The molecule has 0 unspecified atom stereocenters. The summed E-state index contributed by atoms with van der Waals surface area (Å²) in [6, 6.07) is 11.9. The molecule has 0 saturated heterocycles.